The molecule has 1 aromatic carbocycles. The van der Waals surface area contributed by atoms with Crippen LogP contribution >= 0.6 is 0 Å². The van der Waals surface area contributed by atoms with Crippen molar-refractivity contribution in [1.29, 1.82) is 0 Å². The second-order valence-electron chi connectivity index (χ2n) is 4.91. The Morgan fingerprint density at radius 2 is 1.63 bits per heavy atom. The molecule has 0 heterocycles. The number of hydrogen-bond acceptors (Lipinski definition) is 4. The van der Waals surface area contributed by atoms with E-state index < -0.39 is 0 Å². The molecule has 2 unspecified atom stereocenters. The number of aliphatic hydroxyl groups excluding tert-OH is 2. The van der Waals surface area contributed by atoms with Crippen LogP contribution in [0.2, 0.25) is 0 Å². The number of nitrogens with zero attached hydrogens (tertiary/aromatic N) is 1. The van der Waals surface area contributed by atoms with Gasteiger partial charge in [0, 0.05) is 19.1 Å². The smallest absolute Gasteiger partial charge is 0.0558 e. The second kappa shape index (κ2) is 8.27. The summed E-state index contributed by atoms with van der Waals surface area (Å²) in [6.07, 6.45) is 0.853. The average molecular weight is 266 g/mol. The van der Waals surface area contributed by atoms with E-state index in [-0.39, 0.29) is 25.3 Å². The molecule has 0 saturated carbocycles. The minimum Gasteiger partial charge on any atom is -0.395 e. The fraction of sp³-hybridized carbons (Fsp3) is 0.600. The number of benzene rings is 1. The Labute approximate surface area is 115 Å². The first-order valence-corrected chi connectivity index (χ1v) is 6.92. The SMILES string of the molecule is CCC(N)C(c1ccc(C)cc1)N(CCO)CCO. The van der Waals surface area contributed by atoms with Gasteiger partial charge in [0.2, 0.25) is 0 Å². The van der Waals surface area contributed by atoms with Crippen molar-refractivity contribution in [1.82, 2.24) is 4.90 Å². The summed E-state index contributed by atoms with van der Waals surface area (Å²) in [5.74, 6) is 0. The van der Waals surface area contributed by atoms with Crippen LogP contribution in [-0.2, 0) is 0 Å². The maximum absolute atomic E-state index is 9.19. The van der Waals surface area contributed by atoms with Gasteiger partial charge < -0.3 is 15.9 Å². The van der Waals surface area contributed by atoms with E-state index in [2.05, 4.69) is 43.0 Å². The Bertz CT molecular complexity index is 348. The summed E-state index contributed by atoms with van der Waals surface area (Å²) in [4.78, 5) is 2.05. The van der Waals surface area contributed by atoms with E-state index in [1.54, 1.807) is 0 Å². The van der Waals surface area contributed by atoms with Gasteiger partial charge in [-0.3, -0.25) is 4.90 Å². The summed E-state index contributed by atoms with van der Waals surface area (Å²) in [6.45, 7) is 5.29. The number of hydrogen-bond donors (Lipinski definition) is 3. The number of aliphatic hydroxyl groups is 2. The Balaban J connectivity index is 3.00. The van der Waals surface area contributed by atoms with Crippen molar-refractivity contribution < 1.29 is 10.2 Å². The van der Waals surface area contributed by atoms with Gasteiger partial charge in [0.05, 0.1) is 19.3 Å². The summed E-state index contributed by atoms with van der Waals surface area (Å²) in [7, 11) is 0. The Hall–Kier alpha value is -0.940. The Morgan fingerprint density at radius 1 is 1.11 bits per heavy atom. The van der Waals surface area contributed by atoms with Crippen molar-refractivity contribution in [3.05, 3.63) is 35.4 Å². The highest BCUT2D eigenvalue weighted by atomic mass is 16.3. The van der Waals surface area contributed by atoms with Crippen LogP contribution in [0.4, 0.5) is 0 Å². The fourth-order valence-corrected chi connectivity index (χ4v) is 2.36. The van der Waals surface area contributed by atoms with Crippen molar-refractivity contribution in [3.8, 4) is 0 Å². The zero-order chi connectivity index (χ0) is 14.3. The minimum atomic E-state index is -0.0131. The molecule has 0 bridgehead atoms. The van der Waals surface area contributed by atoms with Gasteiger partial charge in [-0.05, 0) is 18.9 Å². The van der Waals surface area contributed by atoms with Crippen LogP contribution in [0.5, 0.6) is 0 Å². The summed E-state index contributed by atoms with van der Waals surface area (Å²) in [5.41, 5.74) is 8.60. The molecule has 0 aliphatic rings. The Morgan fingerprint density at radius 3 is 2.05 bits per heavy atom. The molecule has 4 N–H and O–H groups in total. The molecule has 0 aromatic heterocycles. The number of rotatable bonds is 8. The average Bonchev–Trinajstić information content (AvgIpc) is 2.41. The highest BCUT2D eigenvalue weighted by Gasteiger charge is 2.24. The lowest BCUT2D eigenvalue weighted by Crippen LogP contribution is -2.43. The van der Waals surface area contributed by atoms with Crippen molar-refractivity contribution in [2.45, 2.75) is 32.4 Å². The first-order valence-electron chi connectivity index (χ1n) is 6.92. The van der Waals surface area contributed by atoms with Crippen LogP contribution in [0.1, 0.15) is 30.5 Å². The third kappa shape index (κ3) is 4.58. The summed E-state index contributed by atoms with van der Waals surface area (Å²) in [6, 6.07) is 8.32. The van der Waals surface area contributed by atoms with E-state index in [4.69, 9.17) is 5.73 Å². The molecule has 4 heteroatoms. The molecule has 0 spiro atoms. The van der Waals surface area contributed by atoms with Gasteiger partial charge in [0.1, 0.15) is 0 Å². The van der Waals surface area contributed by atoms with E-state index in [9.17, 15) is 10.2 Å². The van der Waals surface area contributed by atoms with Crippen molar-refractivity contribution in [2.75, 3.05) is 26.3 Å². The van der Waals surface area contributed by atoms with Crippen LogP contribution in [0.3, 0.4) is 0 Å². The molecule has 0 amide bonds. The van der Waals surface area contributed by atoms with E-state index in [0.717, 1.165) is 12.0 Å². The molecule has 0 aliphatic heterocycles. The summed E-state index contributed by atoms with van der Waals surface area (Å²) >= 11 is 0. The first kappa shape index (κ1) is 16.1. The molecule has 1 rings (SSSR count). The fourth-order valence-electron chi connectivity index (χ4n) is 2.36. The zero-order valence-electron chi connectivity index (χ0n) is 11.9. The molecular formula is C15H26N2O2. The molecular weight excluding hydrogens is 240 g/mol. The lowest BCUT2D eigenvalue weighted by atomic mass is 9.95. The highest BCUT2D eigenvalue weighted by Crippen LogP contribution is 2.25. The van der Waals surface area contributed by atoms with Crippen molar-refractivity contribution >= 4 is 0 Å². The Kier molecular flexibility index (Phi) is 7.02. The van der Waals surface area contributed by atoms with Crippen LogP contribution in [0, 0.1) is 6.92 Å². The minimum absolute atomic E-state index is 0.0131. The van der Waals surface area contributed by atoms with Crippen molar-refractivity contribution in [3.63, 3.8) is 0 Å². The highest BCUT2D eigenvalue weighted by molar-refractivity contribution is 5.25. The van der Waals surface area contributed by atoms with Crippen LogP contribution in [0.15, 0.2) is 24.3 Å². The van der Waals surface area contributed by atoms with Crippen LogP contribution in [0.25, 0.3) is 0 Å². The third-order valence-electron chi connectivity index (χ3n) is 3.46. The van der Waals surface area contributed by atoms with E-state index in [1.807, 2.05) is 0 Å². The quantitative estimate of drug-likeness (QED) is 0.658. The predicted octanol–water partition coefficient (Wildman–Crippen LogP) is 1.06. The maximum Gasteiger partial charge on any atom is 0.0558 e. The number of aryl methyl sites for hydroxylation is 1. The zero-order valence-corrected chi connectivity index (χ0v) is 11.9. The predicted molar refractivity (Wildman–Crippen MR) is 77.9 cm³/mol. The van der Waals surface area contributed by atoms with Gasteiger partial charge in [-0.25, -0.2) is 0 Å². The number of nitrogens with two attached hydrogens (primary N) is 1. The van der Waals surface area contributed by atoms with Crippen molar-refractivity contribution in [2.24, 2.45) is 5.73 Å². The lowest BCUT2D eigenvalue weighted by molar-refractivity contribution is 0.107. The third-order valence-corrected chi connectivity index (χ3v) is 3.46. The first-order chi connectivity index (χ1) is 9.13. The van der Waals surface area contributed by atoms with Gasteiger partial charge in [0.15, 0.2) is 0 Å². The molecule has 108 valence electrons. The molecule has 0 saturated heterocycles. The molecule has 0 fully saturated rings. The molecule has 1 aromatic rings. The largest absolute Gasteiger partial charge is 0.395 e. The summed E-state index contributed by atoms with van der Waals surface area (Å²) in [5, 5.41) is 18.4. The van der Waals surface area contributed by atoms with Gasteiger partial charge in [-0.2, -0.15) is 0 Å². The van der Waals surface area contributed by atoms with Gasteiger partial charge in [-0.15, -0.1) is 0 Å². The van der Waals surface area contributed by atoms with E-state index >= 15 is 0 Å². The van der Waals surface area contributed by atoms with E-state index in [0.29, 0.717) is 13.1 Å². The normalized spacial score (nSPS) is 14.6. The van der Waals surface area contributed by atoms with Crippen LogP contribution < -0.4 is 5.73 Å². The molecule has 0 radical (unpaired) electrons. The molecule has 0 aliphatic carbocycles. The topological polar surface area (TPSA) is 69.7 Å². The maximum atomic E-state index is 9.19. The lowest BCUT2D eigenvalue weighted by Gasteiger charge is -2.35. The van der Waals surface area contributed by atoms with Gasteiger partial charge >= 0.3 is 0 Å². The van der Waals surface area contributed by atoms with Crippen LogP contribution in [-0.4, -0.2) is 47.5 Å². The monoisotopic (exact) mass is 266 g/mol. The van der Waals surface area contributed by atoms with Gasteiger partial charge in [-0.1, -0.05) is 36.8 Å². The molecule has 2 atom stereocenters. The molecule has 4 nitrogen and oxygen atoms in total. The summed E-state index contributed by atoms with van der Waals surface area (Å²) < 4.78 is 0. The standard InChI is InChI=1S/C15H26N2O2/c1-3-14(16)15(17(8-10-18)9-11-19)13-6-4-12(2)5-7-13/h4-7,14-15,18-19H,3,8-11,16H2,1-2H3. The second-order valence-corrected chi connectivity index (χ2v) is 4.91. The molecule has 19 heavy (non-hydrogen) atoms. The van der Waals surface area contributed by atoms with Gasteiger partial charge in [0.25, 0.3) is 0 Å². The van der Waals surface area contributed by atoms with E-state index in [1.165, 1.54) is 5.56 Å².